The number of carbonyl (C=O) groups is 1. The zero-order valence-corrected chi connectivity index (χ0v) is 9.30. The van der Waals surface area contributed by atoms with Crippen LogP contribution in [0, 0.1) is 5.92 Å². The van der Waals surface area contributed by atoms with Crippen LogP contribution in [-0.4, -0.2) is 37.1 Å². The van der Waals surface area contributed by atoms with E-state index in [4.69, 9.17) is 0 Å². The van der Waals surface area contributed by atoms with Gasteiger partial charge in [-0.1, -0.05) is 0 Å². The first-order valence-corrected chi connectivity index (χ1v) is 6.10. The largest absolute Gasteiger partial charge is 0.316 e. The first-order valence-electron chi connectivity index (χ1n) is 6.10. The number of rotatable bonds is 3. The van der Waals surface area contributed by atoms with Gasteiger partial charge in [0.15, 0.2) is 0 Å². The summed E-state index contributed by atoms with van der Waals surface area (Å²) in [6.45, 7) is 4.36. The topological polar surface area (TPSA) is 44.4 Å². The van der Waals surface area contributed by atoms with Crippen molar-refractivity contribution < 1.29 is 4.79 Å². The van der Waals surface area contributed by atoms with E-state index < -0.39 is 0 Å². The van der Waals surface area contributed by atoms with Gasteiger partial charge in [0, 0.05) is 19.5 Å². The van der Waals surface area contributed by atoms with Gasteiger partial charge >= 0.3 is 0 Å². The third-order valence-corrected chi connectivity index (χ3v) is 3.32. The fourth-order valence-electron chi connectivity index (χ4n) is 2.40. The van der Waals surface area contributed by atoms with Crippen molar-refractivity contribution in [3.63, 3.8) is 0 Å². The van der Waals surface area contributed by atoms with Gasteiger partial charge in [0.1, 0.15) is 0 Å². The van der Waals surface area contributed by atoms with Crippen LogP contribution in [0.5, 0.6) is 0 Å². The lowest BCUT2D eigenvalue weighted by molar-refractivity contribution is -0.128. The second-order valence-corrected chi connectivity index (χ2v) is 4.63. The molecule has 0 bridgehead atoms. The second kappa shape index (κ2) is 5.47. The molecule has 86 valence electrons. The van der Waals surface area contributed by atoms with Gasteiger partial charge in [-0.05, 0) is 44.7 Å². The van der Waals surface area contributed by atoms with Crippen molar-refractivity contribution in [3.05, 3.63) is 0 Å². The normalized spacial score (nSPS) is 28.8. The molecule has 2 rings (SSSR count). The van der Waals surface area contributed by atoms with Crippen LogP contribution in [0.15, 0.2) is 0 Å². The number of piperidine rings is 1. The molecule has 0 aliphatic carbocycles. The van der Waals surface area contributed by atoms with E-state index in [0.29, 0.717) is 6.42 Å². The number of carbonyl (C=O) groups excluding carboxylic acids is 1. The van der Waals surface area contributed by atoms with Crippen LogP contribution >= 0.6 is 0 Å². The van der Waals surface area contributed by atoms with E-state index in [-0.39, 0.29) is 5.91 Å². The van der Waals surface area contributed by atoms with Crippen molar-refractivity contribution in [3.8, 4) is 0 Å². The molecule has 15 heavy (non-hydrogen) atoms. The number of hydrazine groups is 1. The summed E-state index contributed by atoms with van der Waals surface area (Å²) in [5.74, 6) is 0.987. The van der Waals surface area contributed by atoms with Crippen molar-refractivity contribution >= 4 is 5.91 Å². The van der Waals surface area contributed by atoms with Crippen LogP contribution in [0.3, 0.4) is 0 Å². The zero-order valence-electron chi connectivity index (χ0n) is 9.30. The molecule has 0 radical (unpaired) electrons. The predicted molar refractivity (Wildman–Crippen MR) is 59.2 cm³/mol. The molecule has 2 aliphatic rings. The highest BCUT2D eigenvalue weighted by Gasteiger charge is 2.18. The lowest BCUT2D eigenvalue weighted by Gasteiger charge is -2.30. The number of amides is 1. The van der Waals surface area contributed by atoms with Gasteiger partial charge in [-0.25, -0.2) is 5.01 Å². The highest BCUT2D eigenvalue weighted by molar-refractivity contribution is 5.75. The van der Waals surface area contributed by atoms with Gasteiger partial charge in [0.05, 0.1) is 0 Å². The summed E-state index contributed by atoms with van der Waals surface area (Å²) in [5.41, 5.74) is 2.93. The van der Waals surface area contributed by atoms with E-state index in [1.54, 1.807) is 0 Å². The van der Waals surface area contributed by atoms with Crippen molar-refractivity contribution in [2.24, 2.45) is 5.92 Å². The summed E-state index contributed by atoms with van der Waals surface area (Å²) in [6.07, 6.45) is 5.55. The van der Waals surface area contributed by atoms with Gasteiger partial charge in [-0.3, -0.25) is 10.2 Å². The molecule has 0 saturated carbocycles. The van der Waals surface area contributed by atoms with E-state index >= 15 is 0 Å². The molecular weight excluding hydrogens is 190 g/mol. The van der Waals surface area contributed by atoms with Crippen molar-refractivity contribution in [1.29, 1.82) is 0 Å². The monoisotopic (exact) mass is 211 g/mol. The molecule has 1 unspecified atom stereocenters. The average molecular weight is 211 g/mol. The molecule has 0 aromatic rings. The molecule has 0 aromatic carbocycles. The second-order valence-electron chi connectivity index (χ2n) is 4.63. The molecule has 1 atom stereocenters. The molecule has 4 heteroatoms. The minimum absolute atomic E-state index is 0.183. The molecule has 4 nitrogen and oxygen atoms in total. The lowest BCUT2D eigenvalue weighted by atomic mass is 9.96. The van der Waals surface area contributed by atoms with Crippen LogP contribution in [0.25, 0.3) is 0 Å². The molecule has 2 aliphatic heterocycles. The maximum Gasteiger partial charge on any atom is 0.234 e. The van der Waals surface area contributed by atoms with Crippen molar-refractivity contribution in [2.75, 3.05) is 26.2 Å². The van der Waals surface area contributed by atoms with Crippen LogP contribution in [0.2, 0.25) is 0 Å². The van der Waals surface area contributed by atoms with E-state index in [9.17, 15) is 4.79 Å². The molecular formula is C11H21N3O. The van der Waals surface area contributed by atoms with E-state index in [1.807, 2.05) is 0 Å². The molecule has 0 aromatic heterocycles. The Balaban J connectivity index is 1.65. The minimum atomic E-state index is 0.183. The number of hydrogen-bond acceptors (Lipinski definition) is 3. The first kappa shape index (κ1) is 10.9. The third-order valence-electron chi connectivity index (χ3n) is 3.32. The Hall–Kier alpha value is -0.610. The van der Waals surface area contributed by atoms with Gasteiger partial charge in [-0.15, -0.1) is 0 Å². The maximum absolute atomic E-state index is 11.2. The summed E-state index contributed by atoms with van der Waals surface area (Å²) >= 11 is 0. The quantitative estimate of drug-likeness (QED) is 0.714. The van der Waals surface area contributed by atoms with Gasteiger partial charge < -0.3 is 5.32 Å². The van der Waals surface area contributed by atoms with Crippen molar-refractivity contribution in [2.45, 2.75) is 32.1 Å². The van der Waals surface area contributed by atoms with E-state index in [1.165, 1.54) is 25.8 Å². The SMILES string of the molecule is O=C1CCCN(CCC2CCCNC2)N1. The zero-order chi connectivity index (χ0) is 10.5. The van der Waals surface area contributed by atoms with Crippen LogP contribution in [0.1, 0.15) is 32.1 Å². The lowest BCUT2D eigenvalue weighted by Crippen LogP contribution is -2.47. The Morgan fingerprint density at radius 1 is 1.40 bits per heavy atom. The van der Waals surface area contributed by atoms with E-state index in [0.717, 1.165) is 32.0 Å². The molecule has 2 saturated heterocycles. The standard InChI is InChI=1S/C11H21N3O/c15-11-4-2-7-14(13-11)8-5-10-3-1-6-12-9-10/h10,12H,1-9H2,(H,13,15). The number of hydrogen-bond donors (Lipinski definition) is 2. The summed E-state index contributed by atoms with van der Waals surface area (Å²) in [4.78, 5) is 11.2. The van der Waals surface area contributed by atoms with Crippen molar-refractivity contribution in [1.82, 2.24) is 15.8 Å². The fourth-order valence-corrected chi connectivity index (χ4v) is 2.40. The highest BCUT2D eigenvalue weighted by Crippen LogP contribution is 2.14. The molecule has 0 spiro atoms. The maximum atomic E-state index is 11.2. The van der Waals surface area contributed by atoms with Gasteiger partial charge in [0.25, 0.3) is 0 Å². The van der Waals surface area contributed by atoms with Crippen LogP contribution in [-0.2, 0) is 4.79 Å². The van der Waals surface area contributed by atoms with Crippen LogP contribution < -0.4 is 10.7 Å². The number of nitrogens with zero attached hydrogens (tertiary/aromatic N) is 1. The summed E-state index contributed by atoms with van der Waals surface area (Å²) in [5, 5.41) is 5.51. The van der Waals surface area contributed by atoms with Gasteiger partial charge in [-0.2, -0.15) is 0 Å². The Bertz CT molecular complexity index is 214. The number of nitrogens with one attached hydrogen (secondary N) is 2. The third kappa shape index (κ3) is 3.47. The van der Waals surface area contributed by atoms with E-state index in [2.05, 4.69) is 15.8 Å². The predicted octanol–water partition coefficient (Wildman–Crippen LogP) is 0.503. The molecule has 2 heterocycles. The first-order chi connectivity index (χ1) is 7.34. The van der Waals surface area contributed by atoms with Gasteiger partial charge in [0.2, 0.25) is 5.91 Å². The molecule has 2 fully saturated rings. The average Bonchev–Trinajstić information content (AvgIpc) is 2.28. The highest BCUT2D eigenvalue weighted by atomic mass is 16.2. The minimum Gasteiger partial charge on any atom is -0.316 e. The fraction of sp³-hybridized carbons (Fsp3) is 0.909. The Kier molecular flexibility index (Phi) is 3.97. The Morgan fingerprint density at radius 2 is 2.33 bits per heavy atom. The smallest absolute Gasteiger partial charge is 0.234 e. The Morgan fingerprint density at radius 3 is 3.07 bits per heavy atom. The molecule has 2 N–H and O–H groups in total. The Labute approximate surface area is 91.4 Å². The summed E-state index contributed by atoms with van der Waals surface area (Å²) < 4.78 is 0. The molecule has 1 amide bonds. The van der Waals surface area contributed by atoms with Crippen LogP contribution in [0.4, 0.5) is 0 Å². The summed E-state index contributed by atoms with van der Waals surface area (Å²) in [6, 6.07) is 0. The summed E-state index contributed by atoms with van der Waals surface area (Å²) in [7, 11) is 0.